The van der Waals surface area contributed by atoms with Gasteiger partial charge in [-0.2, -0.15) is 0 Å². The fraction of sp³-hybridized carbons (Fsp3) is 0.444. The third-order valence-corrected chi connectivity index (χ3v) is 6.50. The van der Waals surface area contributed by atoms with Crippen LogP contribution in [0.15, 0.2) is 48.5 Å². The second kappa shape index (κ2) is 11.7. The van der Waals surface area contributed by atoms with Crippen LogP contribution in [0, 0.1) is 12.8 Å². The van der Waals surface area contributed by atoms with Gasteiger partial charge in [-0.15, -0.1) is 0 Å². The van der Waals surface area contributed by atoms with Crippen molar-refractivity contribution in [2.45, 2.75) is 52.1 Å². The van der Waals surface area contributed by atoms with Gasteiger partial charge in [-0.1, -0.05) is 30.7 Å². The number of likely N-dealkylation sites (tertiary alicyclic amines) is 1. The summed E-state index contributed by atoms with van der Waals surface area (Å²) in [6.07, 6.45) is 2.06. The largest absolute Gasteiger partial charge is 0.497 e. The lowest BCUT2D eigenvalue weighted by molar-refractivity contribution is -0.125. The van der Waals surface area contributed by atoms with Crippen LogP contribution in [0.1, 0.15) is 59.4 Å². The molecule has 1 aliphatic heterocycles. The topological polar surface area (TPSA) is 87.7 Å². The Kier molecular flexibility index (Phi) is 8.68. The SMILES string of the molecule is CC[C@@H](C)NC(=O)[C@@H](NC(=O)c1ccc(C)cc1)C1CCN(C(=O)c2cccc(OC)c2)CC1. The highest BCUT2D eigenvalue weighted by Gasteiger charge is 2.34. The first kappa shape index (κ1) is 25.3. The third-order valence-electron chi connectivity index (χ3n) is 6.50. The molecule has 1 aliphatic rings. The maximum absolute atomic E-state index is 13.1. The number of hydrogen-bond acceptors (Lipinski definition) is 4. The molecule has 2 aromatic rings. The van der Waals surface area contributed by atoms with Crippen molar-refractivity contribution in [1.82, 2.24) is 15.5 Å². The molecular weight excluding hydrogens is 430 g/mol. The molecule has 0 radical (unpaired) electrons. The van der Waals surface area contributed by atoms with Crippen LogP contribution in [0.3, 0.4) is 0 Å². The number of aryl methyl sites for hydroxylation is 1. The van der Waals surface area contributed by atoms with E-state index in [-0.39, 0.29) is 29.7 Å². The molecular formula is C27H35N3O4. The van der Waals surface area contributed by atoms with Gasteiger partial charge in [0.15, 0.2) is 0 Å². The zero-order chi connectivity index (χ0) is 24.7. The van der Waals surface area contributed by atoms with Crippen molar-refractivity contribution < 1.29 is 19.1 Å². The third kappa shape index (κ3) is 6.37. The van der Waals surface area contributed by atoms with Gasteiger partial charge in [-0.05, 0) is 69.4 Å². The highest BCUT2D eigenvalue weighted by atomic mass is 16.5. The zero-order valence-corrected chi connectivity index (χ0v) is 20.5. The molecule has 7 nitrogen and oxygen atoms in total. The van der Waals surface area contributed by atoms with E-state index in [0.29, 0.717) is 42.8 Å². The minimum absolute atomic E-state index is 0.0148. The highest BCUT2D eigenvalue weighted by molar-refractivity contribution is 5.98. The molecule has 0 spiro atoms. The highest BCUT2D eigenvalue weighted by Crippen LogP contribution is 2.24. The first-order chi connectivity index (χ1) is 16.3. The fourth-order valence-electron chi connectivity index (χ4n) is 4.14. The molecule has 0 bridgehead atoms. The zero-order valence-electron chi connectivity index (χ0n) is 20.5. The number of amides is 3. The van der Waals surface area contributed by atoms with Crippen LogP contribution in [0.25, 0.3) is 0 Å². The minimum Gasteiger partial charge on any atom is -0.497 e. The minimum atomic E-state index is -0.656. The standard InChI is InChI=1S/C27H35N3O4/c1-5-19(3)28-26(32)24(29-25(31)21-11-9-18(2)10-12-21)20-13-15-30(16-14-20)27(33)22-7-6-8-23(17-22)34-4/h6-12,17,19-20,24H,5,13-16H2,1-4H3,(H,28,32)(H,29,31)/t19-,24+/m1/s1. The van der Waals surface area contributed by atoms with Crippen molar-refractivity contribution >= 4 is 17.7 Å². The van der Waals surface area contributed by atoms with Crippen LogP contribution in [-0.4, -0.2) is 54.9 Å². The molecule has 2 atom stereocenters. The number of methoxy groups -OCH3 is 1. The van der Waals surface area contributed by atoms with E-state index in [4.69, 9.17) is 4.74 Å². The summed E-state index contributed by atoms with van der Waals surface area (Å²) in [5.74, 6) is 0.0855. The number of benzene rings is 2. The number of carbonyl (C=O) groups excluding carboxylic acids is 3. The van der Waals surface area contributed by atoms with Crippen molar-refractivity contribution in [3.8, 4) is 5.75 Å². The molecule has 0 saturated carbocycles. The number of piperidine rings is 1. The Labute approximate surface area is 201 Å². The fourth-order valence-corrected chi connectivity index (χ4v) is 4.14. The van der Waals surface area contributed by atoms with Crippen molar-refractivity contribution in [3.63, 3.8) is 0 Å². The molecule has 3 rings (SSSR count). The number of nitrogens with zero attached hydrogens (tertiary/aromatic N) is 1. The first-order valence-corrected chi connectivity index (χ1v) is 11.9. The van der Waals surface area contributed by atoms with Gasteiger partial charge >= 0.3 is 0 Å². The van der Waals surface area contributed by atoms with Gasteiger partial charge in [0.25, 0.3) is 11.8 Å². The molecule has 3 amide bonds. The van der Waals surface area contributed by atoms with Gasteiger partial charge in [-0.3, -0.25) is 14.4 Å². The molecule has 2 N–H and O–H groups in total. The van der Waals surface area contributed by atoms with E-state index in [0.717, 1.165) is 12.0 Å². The van der Waals surface area contributed by atoms with E-state index in [1.165, 1.54) is 0 Å². The Balaban J connectivity index is 1.70. The Hall–Kier alpha value is -3.35. The Morgan fingerprint density at radius 2 is 1.71 bits per heavy atom. The summed E-state index contributed by atoms with van der Waals surface area (Å²) in [6, 6.07) is 13.8. The average Bonchev–Trinajstić information content (AvgIpc) is 2.87. The van der Waals surface area contributed by atoms with Crippen LogP contribution in [0.2, 0.25) is 0 Å². The molecule has 2 aromatic carbocycles. The lowest BCUT2D eigenvalue weighted by atomic mass is 9.88. The van der Waals surface area contributed by atoms with Gasteiger partial charge in [0.05, 0.1) is 7.11 Å². The first-order valence-electron chi connectivity index (χ1n) is 11.9. The number of carbonyl (C=O) groups is 3. The van der Waals surface area contributed by atoms with Crippen LogP contribution in [0.5, 0.6) is 5.75 Å². The lowest BCUT2D eigenvalue weighted by Crippen LogP contribution is -2.55. The van der Waals surface area contributed by atoms with Crippen LogP contribution >= 0.6 is 0 Å². The van der Waals surface area contributed by atoms with Crippen molar-refractivity contribution in [2.75, 3.05) is 20.2 Å². The summed E-state index contributed by atoms with van der Waals surface area (Å²) in [5.41, 5.74) is 2.17. The molecule has 1 fully saturated rings. The number of hydrogen-bond donors (Lipinski definition) is 2. The molecule has 7 heteroatoms. The summed E-state index contributed by atoms with van der Waals surface area (Å²) < 4.78 is 5.23. The maximum atomic E-state index is 13.1. The predicted octanol–water partition coefficient (Wildman–Crippen LogP) is 3.57. The summed E-state index contributed by atoms with van der Waals surface area (Å²) in [5, 5.41) is 5.99. The molecule has 1 saturated heterocycles. The Morgan fingerprint density at radius 3 is 2.32 bits per heavy atom. The predicted molar refractivity (Wildman–Crippen MR) is 132 cm³/mol. The number of rotatable bonds is 8. The van der Waals surface area contributed by atoms with E-state index in [1.54, 1.807) is 48.4 Å². The van der Waals surface area contributed by atoms with Crippen LogP contribution in [0.4, 0.5) is 0 Å². The van der Waals surface area contributed by atoms with Gasteiger partial charge in [-0.25, -0.2) is 0 Å². The molecule has 34 heavy (non-hydrogen) atoms. The van der Waals surface area contributed by atoms with Gasteiger partial charge in [0, 0.05) is 30.3 Å². The van der Waals surface area contributed by atoms with E-state index in [2.05, 4.69) is 10.6 Å². The summed E-state index contributed by atoms with van der Waals surface area (Å²) in [4.78, 5) is 40.8. The maximum Gasteiger partial charge on any atom is 0.253 e. The molecule has 0 aromatic heterocycles. The normalized spacial score (nSPS) is 15.8. The Morgan fingerprint density at radius 1 is 1.03 bits per heavy atom. The van der Waals surface area contributed by atoms with Crippen LogP contribution < -0.4 is 15.4 Å². The average molecular weight is 466 g/mol. The van der Waals surface area contributed by atoms with Crippen LogP contribution in [-0.2, 0) is 4.79 Å². The second-order valence-electron chi connectivity index (χ2n) is 9.00. The number of ether oxygens (including phenoxy) is 1. The monoisotopic (exact) mass is 465 g/mol. The van der Waals surface area contributed by atoms with E-state index >= 15 is 0 Å². The summed E-state index contributed by atoms with van der Waals surface area (Å²) in [7, 11) is 1.57. The summed E-state index contributed by atoms with van der Waals surface area (Å²) >= 11 is 0. The van der Waals surface area contributed by atoms with Crippen molar-refractivity contribution in [1.29, 1.82) is 0 Å². The summed E-state index contributed by atoms with van der Waals surface area (Å²) in [6.45, 7) is 6.97. The van der Waals surface area contributed by atoms with Crippen molar-refractivity contribution in [2.24, 2.45) is 5.92 Å². The van der Waals surface area contributed by atoms with E-state index in [1.807, 2.05) is 32.9 Å². The van der Waals surface area contributed by atoms with Crippen molar-refractivity contribution in [3.05, 3.63) is 65.2 Å². The molecule has 0 aliphatic carbocycles. The Bertz CT molecular complexity index is 997. The lowest BCUT2D eigenvalue weighted by Gasteiger charge is -2.36. The van der Waals surface area contributed by atoms with Gasteiger partial charge in [0.1, 0.15) is 11.8 Å². The van der Waals surface area contributed by atoms with E-state index < -0.39 is 6.04 Å². The molecule has 0 unspecified atom stereocenters. The molecule has 182 valence electrons. The quantitative estimate of drug-likeness (QED) is 0.624. The van der Waals surface area contributed by atoms with E-state index in [9.17, 15) is 14.4 Å². The number of nitrogens with one attached hydrogen (secondary N) is 2. The second-order valence-corrected chi connectivity index (χ2v) is 9.00. The smallest absolute Gasteiger partial charge is 0.253 e. The van der Waals surface area contributed by atoms with Gasteiger partial charge < -0.3 is 20.3 Å². The van der Waals surface area contributed by atoms with Gasteiger partial charge in [0.2, 0.25) is 5.91 Å². The molecule has 1 heterocycles.